The molecular formula is C14H23NO4. The van der Waals surface area contributed by atoms with E-state index in [1.165, 1.54) is 0 Å². The molecule has 0 bridgehead atoms. The van der Waals surface area contributed by atoms with E-state index in [0.29, 0.717) is 23.9 Å². The Labute approximate surface area is 114 Å². The molecule has 0 heterocycles. The van der Waals surface area contributed by atoms with Crippen LogP contribution in [0.2, 0.25) is 0 Å². The minimum absolute atomic E-state index is 0.136. The summed E-state index contributed by atoms with van der Waals surface area (Å²) in [5, 5.41) is 0. The second-order valence-electron chi connectivity index (χ2n) is 4.44. The predicted octanol–water partition coefficient (Wildman–Crippen LogP) is 2.14. The van der Waals surface area contributed by atoms with Crippen LogP contribution >= 0.6 is 0 Å². The third kappa shape index (κ3) is 4.01. The number of rotatable bonds is 7. The Balaban J connectivity index is 3.03. The van der Waals surface area contributed by atoms with E-state index in [-0.39, 0.29) is 12.1 Å². The zero-order valence-electron chi connectivity index (χ0n) is 12.2. The third-order valence-electron chi connectivity index (χ3n) is 2.74. The Morgan fingerprint density at radius 3 is 1.95 bits per heavy atom. The lowest BCUT2D eigenvalue weighted by Crippen LogP contribution is -2.20. The van der Waals surface area contributed by atoms with E-state index < -0.39 is 0 Å². The normalized spacial score (nSPS) is 12.4. The second kappa shape index (κ2) is 7.21. The SMILES string of the molecule is COc1cc(OC)c(C(N)COC(C)C)cc1OC. The summed E-state index contributed by atoms with van der Waals surface area (Å²) < 4.78 is 21.4. The van der Waals surface area contributed by atoms with E-state index in [4.69, 9.17) is 24.7 Å². The fourth-order valence-corrected chi connectivity index (χ4v) is 1.73. The highest BCUT2D eigenvalue weighted by atomic mass is 16.5. The standard InChI is InChI=1S/C14H23NO4/c1-9(2)19-8-11(15)10-6-13(17-4)14(18-5)7-12(10)16-3/h6-7,9,11H,8,15H2,1-5H3. The number of benzene rings is 1. The first-order valence-electron chi connectivity index (χ1n) is 6.20. The molecule has 0 aliphatic heterocycles. The largest absolute Gasteiger partial charge is 0.496 e. The molecule has 19 heavy (non-hydrogen) atoms. The molecule has 5 nitrogen and oxygen atoms in total. The molecule has 0 radical (unpaired) electrons. The summed E-state index contributed by atoms with van der Waals surface area (Å²) in [6.07, 6.45) is 0.136. The first-order valence-corrected chi connectivity index (χ1v) is 6.20. The van der Waals surface area contributed by atoms with Crippen molar-refractivity contribution in [1.29, 1.82) is 0 Å². The van der Waals surface area contributed by atoms with Crippen LogP contribution in [0.15, 0.2) is 12.1 Å². The lowest BCUT2D eigenvalue weighted by atomic mass is 10.1. The maximum atomic E-state index is 6.13. The molecule has 0 saturated heterocycles. The Bertz CT molecular complexity index is 407. The van der Waals surface area contributed by atoms with Crippen LogP contribution in [0, 0.1) is 0 Å². The van der Waals surface area contributed by atoms with Crippen LogP contribution in [0.4, 0.5) is 0 Å². The minimum Gasteiger partial charge on any atom is -0.496 e. The van der Waals surface area contributed by atoms with Gasteiger partial charge in [0, 0.05) is 11.6 Å². The first kappa shape index (κ1) is 15.6. The molecule has 1 rings (SSSR count). The van der Waals surface area contributed by atoms with Gasteiger partial charge < -0.3 is 24.7 Å². The molecule has 5 heteroatoms. The van der Waals surface area contributed by atoms with Gasteiger partial charge in [-0.25, -0.2) is 0 Å². The maximum Gasteiger partial charge on any atom is 0.164 e. The van der Waals surface area contributed by atoms with Gasteiger partial charge in [-0.15, -0.1) is 0 Å². The highest BCUT2D eigenvalue weighted by molar-refractivity contribution is 5.51. The van der Waals surface area contributed by atoms with Crippen LogP contribution in [0.1, 0.15) is 25.5 Å². The summed E-state index contributed by atoms with van der Waals surface area (Å²) in [6, 6.07) is 3.31. The predicted molar refractivity (Wildman–Crippen MR) is 74.1 cm³/mol. The molecule has 108 valence electrons. The number of hydrogen-bond acceptors (Lipinski definition) is 5. The van der Waals surface area contributed by atoms with Gasteiger partial charge in [-0.2, -0.15) is 0 Å². The van der Waals surface area contributed by atoms with E-state index in [2.05, 4.69) is 0 Å². The molecule has 1 aromatic carbocycles. The summed E-state index contributed by atoms with van der Waals surface area (Å²) in [6.45, 7) is 4.36. The minimum atomic E-state index is -0.280. The first-order chi connectivity index (χ1) is 9.03. The topological polar surface area (TPSA) is 62.9 Å². The number of methoxy groups -OCH3 is 3. The van der Waals surface area contributed by atoms with Crippen molar-refractivity contribution in [1.82, 2.24) is 0 Å². The zero-order valence-corrected chi connectivity index (χ0v) is 12.2. The highest BCUT2D eigenvalue weighted by Gasteiger charge is 2.17. The molecule has 0 saturated carbocycles. The van der Waals surface area contributed by atoms with E-state index in [1.54, 1.807) is 27.4 Å². The smallest absolute Gasteiger partial charge is 0.164 e. The van der Waals surface area contributed by atoms with Gasteiger partial charge in [-0.05, 0) is 19.9 Å². The van der Waals surface area contributed by atoms with E-state index >= 15 is 0 Å². The average molecular weight is 269 g/mol. The molecule has 1 atom stereocenters. The maximum absolute atomic E-state index is 6.13. The van der Waals surface area contributed by atoms with Crippen LogP contribution in [-0.4, -0.2) is 34.0 Å². The fourth-order valence-electron chi connectivity index (χ4n) is 1.73. The fraction of sp³-hybridized carbons (Fsp3) is 0.571. The zero-order chi connectivity index (χ0) is 14.4. The Hall–Kier alpha value is -1.46. The molecule has 0 aliphatic carbocycles. The summed E-state index contributed by atoms with van der Waals surface area (Å²) in [5.41, 5.74) is 6.97. The molecular weight excluding hydrogens is 246 g/mol. The van der Waals surface area contributed by atoms with Gasteiger partial charge in [0.1, 0.15) is 5.75 Å². The molecule has 1 aromatic rings. The molecule has 0 spiro atoms. The van der Waals surface area contributed by atoms with Crippen molar-refractivity contribution in [3.8, 4) is 17.2 Å². The van der Waals surface area contributed by atoms with Crippen LogP contribution in [0.25, 0.3) is 0 Å². The van der Waals surface area contributed by atoms with Crippen LogP contribution in [0.5, 0.6) is 17.2 Å². The van der Waals surface area contributed by atoms with Gasteiger partial charge in [-0.1, -0.05) is 0 Å². The van der Waals surface area contributed by atoms with Gasteiger partial charge in [0.05, 0.1) is 40.1 Å². The van der Waals surface area contributed by atoms with E-state index in [1.807, 2.05) is 19.9 Å². The summed E-state index contributed by atoms with van der Waals surface area (Å²) in [5.74, 6) is 1.90. The molecule has 0 amide bonds. The second-order valence-corrected chi connectivity index (χ2v) is 4.44. The number of nitrogens with two attached hydrogens (primary N) is 1. The highest BCUT2D eigenvalue weighted by Crippen LogP contribution is 2.36. The molecule has 0 aliphatic rings. The van der Waals surface area contributed by atoms with Crippen molar-refractivity contribution in [3.05, 3.63) is 17.7 Å². The lowest BCUT2D eigenvalue weighted by molar-refractivity contribution is 0.0678. The van der Waals surface area contributed by atoms with Crippen molar-refractivity contribution in [3.63, 3.8) is 0 Å². The van der Waals surface area contributed by atoms with Gasteiger partial charge in [0.15, 0.2) is 11.5 Å². The summed E-state index contributed by atoms with van der Waals surface area (Å²) in [7, 11) is 4.77. The summed E-state index contributed by atoms with van der Waals surface area (Å²) in [4.78, 5) is 0. The van der Waals surface area contributed by atoms with Crippen molar-refractivity contribution in [2.45, 2.75) is 26.0 Å². The quantitative estimate of drug-likeness (QED) is 0.821. The van der Waals surface area contributed by atoms with Crippen molar-refractivity contribution >= 4 is 0 Å². The van der Waals surface area contributed by atoms with Crippen LogP contribution in [-0.2, 0) is 4.74 Å². The Morgan fingerprint density at radius 2 is 1.47 bits per heavy atom. The monoisotopic (exact) mass is 269 g/mol. The molecule has 0 fully saturated rings. The van der Waals surface area contributed by atoms with Gasteiger partial charge in [0.25, 0.3) is 0 Å². The van der Waals surface area contributed by atoms with E-state index in [9.17, 15) is 0 Å². The van der Waals surface area contributed by atoms with Crippen LogP contribution < -0.4 is 19.9 Å². The van der Waals surface area contributed by atoms with Crippen molar-refractivity contribution in [2.75, 3.05) is 27.9 Å². The van der Waals surface area contributed by atoms with Gasteiger partial charge in [0.2, 0.25) is 0 Å². The van der Waals surface area contributed by atoms with E-state index in [0.717, 1.165) is 5.56 Å². The lowest BCUT2D eigenvalue weighted by Gasteiger charge is -2.19. The number of hydrogen-bond donors (Lipinski definition) is 1. The Morgan fingerprint density at radius 1 is 0.947 bits per heavy atom. The molecule has 0 aromatic heterocycles. The van der Waals surface area contributed by atoms with Crippen LogP contribution in [0.3, 0.4) is 0 Å². The summed E-state index contributed by atoms with van der Waals surface area (Å²) >= 11 is 0. The van der Waals surface area contributed by atoms with Crippen molar-refractivity contribution in [2.24, 2.45) is 5.73 Å². The van der Waals surface area contributed by atoms with Gasteiger partial charge in [-0.3, -0.25) is 0 Å². The van der Waals surface area contributed by atoms with Crippen molar-refractivity contribution < 1.29 is 18.9 Å². The van der Waals surface area contributed by atoms with Gasteiger partial charge >= 0.3 is 0 Å². The average Bonchev–Trinajstić information content (AvgIpc) is 2.42. The number of ether oxygens (including phenoxy) is 4. The Kier molecular flexibility index (Phi) is 5.92. The third-order valence-corrected chi connectivity index (χ3v) is 2.74. The molecule has 1 unspecified atom stereocenters. The molecule has 2 N–H and O–H groups in total.